The molecule has 0 fully saturated rings. The van der Waals surface area contributed by atoms with Gasteiger partial charge in [0.15, 0.2) is 0 Å². The van der Waals surface area contributed by atoms with E-state index in [0.29, 0.717) is 18.4 Å². The van der Waals surface area contributed by atoms with Gasteiger partial charge in [0.2, 0.25) is 0 Å². The van der Waals surface area contributed by atoms with Crippen LogP contribution in [0, 0.1) is 24.5 Å². The van der Waals surface area contributed by atoms with Crippen molar-refractivity contribution in [2.45, 2.75) is 19.8 Å². The average molecular weight is 276 g/mol. The molecule has 0 saturated heterocycles. The third-order valence-electron chi connectivity index (χ3n) is 3.38. The number of aryl methyl sites for hydroxylation is 1. The van der Waals surface area contributed by atoms with Gasteiger partial charge in [-0.2, -0.15) is 0 Å². The molecule has 0 radical (unpaired) electrons. The fourth-order valence-electron chi connectivity index (χ4n) is 2.38. The largest absolute Gasteiger partial charge is 0.396 e. The number of aliphatic hydroxyl groups is 1. The molecule has 0 aliphatic heterocycles. The fourth-order valence-corrected chi connectivity index (χ4v) is 2.38. The van der Waals surface area contributed by atoms with Crippen molar-refractivity contribution >= 4 is 0 Å². The molecule has 0 aromatic heterocycles. The van der Waals surface area contributed by atoms with Crippen molar-refractivity contribution in [3.63, 3.8) is 0 Å². The van der Waals surface area contributed by atoms with E-state index in [-0.39, 0.29) is 12.5 Å². The van der Waals surface area contributed by atoms with Gasteiger partial charge in [-0.05, 0) is 55.0 Å². The molecule has 0 spiro atoms. The van der Waals surface area contributed by atoms with E-state index in [9.17, 15) is 13.9 Å². The zero-order valence-electron chi connectivity index (χ0n) is 11.4. The van der Waals surface area contributed by atoms with Crippen LogP contribution in [0.3, 0.4) is 0 Å². The number of aliphatic hydroxyl groups excluding tert-OH is 1. The van der Waals surface area contributed by atoms with Gasteiger partial charge in [-0.25, -0.2) is 8.78 Å². The highest BCUT2D eigenvalue weighted by Gasteiger charge is 2.13. The summed E-state index contributed by atoms with van der Waals surface area (Å²) in [6.07, 6.45) is 0.974. The third kappa shape index (κ3) is 3.87. The Hall–Kier alpha value is -1.74. The lowest BCUT2D eigenvalue weighted by molar-refractivity contribution is 0.224. The van der Waals surface area contributed by atoms with Gasteiger partial charge in [0.1, 0.15) is 11.6 Å². The van der Waals surface area contributed by atoms with Crippen LogP contribution in [-0.4, -0.2) is 11.7 Å². The number of halogens is 2. The zero-order chi connectivity index (χ0) is 14.5. The quantitative estimate of drug-likeness (QED) is 0.883. The molecule has 20 heavy (non-hydrogen) atoms. The lowest BCUT2D eigenvalue weighted by Gasteiger charge is -2.15. The van der Waals surface area contributed by atoms with Crippen molar-refractivity contribution < 1.29 is 13.9 Å². The topological polar surface area (TPSA) is 20.2 Å². The first kappa shape index (κ1) is 14.7. The molecule has 0 amide bonds. The predicted molar refractivity (Wildman–Crippen MR) is 75.5 cm³/mol. The van der Waals surface area contributed by atoms with E-state index in [1.807, 2.05) is 31.2 Å². The van der Waals surface area contributed by atoms with Crippen LogP contribution in [0.15, 0.2) is 42.5 Å². The Morgan fingerprint density at radius 1 is 1.05 bits per heavy atom. The summed E-state index contributed by atoms with van der Waals surface area (Å²) in [6, 6.07) is 11.4. The SMILES string of the molecule is Cc1cccc(CC(CO)Cc2cc(F)ccc2F)c1. The van der Waals surface area contributed by atoms with Crippen LogP contribution in [0.2, 0.25) is 0 Å². The van der Waals surface area contributed by atoms with Crippen molar-refractivity contribution in [3.8, 4) is 0 Å². The number of hydrogen-bond acceptors (Lipinski definition) is 1. The molecule has 0 saturated carbocycles. The van der Waals surface area contributed by atoms with Crippen LogP contribution < -0.4 is 0 Å². The van der Waals surface area contributed by atoms with E-state index < -0.39 is 11.6 Å². The first-order valence-corrected chi connectivity index (χ1v) is 6.69. The molecule has 106 valence electrons. The molecule has 2 rings (SSSR count). The second-order valence-corrected chi connectivity index (χ2v) is 5.18. The normalized spacial score (nSPS) is 12.4. The van der Waals surface area contributed by atoms with Crippen molar-refractivity contribution in [3.05, 3.63) is 70.8 Å². The maximum Gasteiger partial charge on any atom is 0.126 e. The lowest BCUT2D eigenvalue weighted by Crippen LogP contribution is -2.14. The third-order valence-corrected chi connectivity index (χ3v) is 3.38. The lowest BCUT2D eigenvalue weighted by atomic mass is 9.92. The van der Waals surface area contributed by atoms with Gasteiger partial charge in [-0.15, -0.1) is 0 Å². The van der Waals surface area contributed by atoms with Crippen LogP contribution in [0.1, 0.15) is 16.7 Å². The maximum atomic E-state index is 13.6. The summed E-state index contributed by atoms with van der Waals surface area (Å²) >= 11 is 0. The Kier molecular flexibility index (Phi) is 4.85. The van der Waals surface area contributed by atoms with Gasteiger partial charge in [0, 0.05) is 6.61 Å². The van der Waals surface area contributed by atoms with Crippen LogP contribution >= 0.6 is 0 Å². The van der Waals surface area contributed by atoms with E-state index in [4.69, 9.17) is 0 Å². The molecular formula is C17H18F2O. The molecule has 1 N–H and O–H groups in total. The van der Waals surface area contributed by atoms with Crippen molar-refractivity contribution in [2.75, 3.05) is 6.61 Å². The van der Waals surface area contributed by atoms with Crippen molar-refractivity contribution in [2.24, 2.45) is 5.92 Å². The highest BCUT2D eigenvalue weighted by molar-refractivity contribution is 5.24. The summed E-state index contributed by atoms with van der Waals surface area (Å²) in [4.78, 5) is 0. The number of benzene rings is 2. The number of hydrogen-bond donors (Lipinski definition) is 1. The highest BCUT2D eigenvalue weighted by atomic mass is 19.1. The Morgan fingerprint density at radius 3 is 2.55 bits per heavy atom. The molecule has 0 aliphatic carbocycles. The smallest absolute Gasteiger partial charge is 0.126 e. The fraction of sp³-hybridized carbons (Fsp3) is 0.294. The average Bonchev–Trinajstić information content (AvgIpc) is 2.42. The summed E-state index contributed by atoms with van der Waals surface area (Å²) < 4.78 is 26.8. The molecule has 0 heterocycles. The van der Waals surface area contributed by atoms with Gasteiger partial charge in [0.05, 0.1) is 0 Å². The number of rotatable bonds is 5. The molecule has 2 aromatic rings. The van der Waals surface area contributed by atoms with E-state index in [1.54, 1.807) is 0 Å². The minimum atomic E-state index is -0.450. The molecule has 1 unspecified atom stereocenters. The molecule has 0 aliphatic rings. The Balaban J connectivity index is 2.11. The molecule has 2 aromatic carbocycles. The van der Waals surface area contributed by atoms with Gasteiger partial charge >= 0.3 is 0 Å². The second-order valence-electron chi connectivity index (χ2n) is 5.18. The van der Waals surface area contributed by atoms with E-state index in [1.165, 1.54) is 6.07 Å². The summed E-state index contributed by atoms with van der Waals surface area (Å²) in [7, 11) is 0. The Bertz CT molecular complexity index is 581. The molecule has 1 nitrogen and oxygen atoms in total. The molecule has 0 bridgehead atoms. The second kappa shape index (κ2) is 6.62. The molecule has 3 heteroatoms. The zero-order valence-corrected chi connectivity index (χ0v) is 11.4. The summed E-state index contributed by atoms with van der Waals surface area (Å²) in [5.41, 5.74) is 2.56. The van der Waals surface area contributed by atoms with Crippen LogP contribution in [0.5, 0.6) is 0 Å². The minimum absolute atomic E-state index is 0.0517. The molecule has 1 atom stereocenters. The van der Waals surface area contributed by atoms with Gasteiger partial charge in [-0.3, -0.25) is 0 Å². The van der Waals surface area contributed by atoms with Crippen LogP contribution in [0.4, 0.5) is 8.78 Å². The van der Waals surface area contributed by atoms with Gasteiger partial charge in [-0.1, -0.05) is 29.8 Å². The molecular weight excluding hydrogens is 258 g/mol. The first-order chi connectivity index (χ1) is 9.58. The Morgan fingerprint density at radius 2 is 1.85 bits per heavy atom. The Labute approximate surface area is 117 Å². The van der Waals surface area contributed by atoms with Gasteiger partial charge in [0.25, 0.3) is 0 Å². The van der Waals surface area contributed by atoms with E-state index in [2.05, 4.69) is 0 Å². The summed E-state index contributed by atoms with van der Waals surface area (Å²) in [6.45, 7) is 1.95. The highest BCUT2D eigenvalue weighted by Crippen LogP contribution is 2.18. The van der Waals surface area contributed by atoms with Crippen LogP contribution in [0.25, 0.3) is 0 Å². The summed E-state index contributed by atoms with van der Waals surface area (Å²) in [5, 5.41) is 9.46. The minimum Gasteiger partial charge on any atom is -0.396 e. The standard InChI is InChI=1S/C17H18F2O/c1-12-3-2-4-13(7-12)8-14(11-20)9-15-10-16(18)5-6-17(15)19/h2-7,10,14,20H,8-9,11H2,1H3. The van der Waals surface area contributed by atoms with Crippen LogP contribution in [-0.2, 0) is 12.8 Å². The first-order valence-electron chi connectivity index (χ1n) is 6.69. The summed E-state index contributed by atoms with van der Waals surface area (Å²) in [5.74, 6) is -0.990. The predicted octanol–water partition coefficient (Wildman–Crippen LogP) is 3.67. The van der Waals surface area contributed by atoms with Crippen molar-refractivity contribution in [1.82, 2.24) is 0 Å². The van der Waals surface area contributed by atoms with Gasteiger partial charge < -0.3 is 5.11 Å². The monoisotopic (exact) mass is 276 g/mol. The van der Waals surface area contributed by atoms with E-state index >= 15 is 0 Å². The van der Waals surface area contributed by atoms with E-state index in [0.717, 1.165) is 23.3 Å². The van der Waals surface area contributed by atoms with Crippen molar-refractivity contribution in [1.29, 1.82) is 0 Å². The maximum absolute atomic E-state index is 13.6.